The number of nitrogens with zero attached hydrogens (tertiary/aromatic N) is 3. The Hall–Kier alpha value is -1.13. The van der Waals surface area contributed by atoms with Crippen LogP contribution in [0.5, 0.6) is 0 Å². The van der Waals surface area contributed by atoms with Crippen LogP contribution in [-0.2, 0) is 4.74 Å². The van der Waals surface area contributed by atoms with Crippen LogP contribution in [0.4, 0.5) is 0 Å². The molecule has 3 rings (SSSR count). The van der Waals surface area contributed by atoms with E-state index in [4.69, 9.17) is 4.74 Å². The van der Waals surface area contributed by atoms with Gasteiger partial charge in [-0.25, -0.2) is 4.98 Å². The van der Waals surface area contributed by atoms with Gasteiger partial charge in [0.15, 0.2) is 5.96 Å². The molecule has 6 nitrogen and oxygen atoms in total. The van der Waals surface area contributed by atoms with Gasteiger partial charge in [0.25, 0.3) is 0 Å². The van der Waals surface area contributed by atoms with E-state index >= 15 is 0 Å². The average molecular weight is 440 g/mol. The topological polar surface area (TPSA) is 61.8 Å². The standard InChI is InChI=1S/C19H29N5OS3/c1-15-14-24(8-9-25-15)16(17-5-3-10-26-17)13-23-18(20-2)21-6-4-11-27-19-22-7-12-28-19/h3,5,7,10,12,15-16H,4,6,8-9,11,13-14H2,1-2H3,(H2,20,21,23). The van der Waals surface area contributed by atoms with Crippen molar-refractivity contribution in [1.82, 2.24) is 20.5 Å². The molecule has 9 heteroatoms. The third kappa shape index (κ3) is 6.73. The molecule has 0 aliphatic carbocycles. The molecule has 2 atom stereocenters. The van der Waals surface area contributed by atoms with E-state index in [1.54, 1.807) is 11.3 Å². The van der Waals surface area contributed by atoms with Crippen molar-refractivity contribution in [3.63, 3.8) is 0 Å². The molecule has 0 saturated carbocycles. The van der Waals surface area contributed by atoms with E-state index in [2.05, 4.69) is 49.9 Å². The van der Waals surface area contributed by atoms with Gasteiger partial charge in [-0.1, -0.05) is 17.8 Å². The van der Waals surface area contributed by atoms with Crippen LogP contribution in [0.3, 0.4) is 0 Å². The number of thioether (sulfide) groups is 1. The van der Waals surface area contributed by atoms with Gasteiger partial charge in [-0.15, -0.1) is 22.7 Å². The molecule has 0 aromatic carbocycles. The van der Waals surface area contributed by atoms with Crippen molar-refractivity contribution < 1.29 is 4.74 Å². The second-order valence-corrected chi connectivity index (χ2v) is 9.80. The number of thiazole rings is 1. The van der Waals surface area contributed by atoms with Crippen molar-refractivity contribution >= 4 is 40.4 Å². The van der Waals surface area contributed by atoms with Crippen LogP contribution in [0.15, 0.2) is 38.4 Å². The third-order valence-electron chi connectivity index (χ3n) is 4.52. The largest absolute Gasteiger partial charge is 0.376 e. The smallest absolute Gasteiger partial charge is 0.191 e. The summed E-state index contributed by atoms with van der Waals surface area (Å²) in [6.45, 7) is 6.61. The van der Waals surface area contributed by atoms with Crippen LogP contribution < -0.4 is 10.6 Å². The average Bonchev–Trinajstić information content (AvgIpc) is 3.41. The number of aliphatic imine (C=N–C) groups is 1. The summed E-state index contributed by atoms with van der Waals surface area (Å²) in [7, 11) is 1.83. The predicted octanol–water partition coefficient (Wildman–Crippen LogP) is 3.31. The predicted molar refractivity (Wildman–Crippen MR) is 121 cm³/mol. The maximum atomic E-state index is 5.72. The van der Waals surface area contributed by atoms with Crippen molar-refractivity contribution in [2.45, 2.75) is 29.8 Å². The summed E-state index contributed by atoms with van der Waals surface area (Å²) < 4.78 is 6.86. The summed E-state index contributed by atoms with van der Waals surface area (Å²) in [5, 5.41) is 11.1. The van der Waals surface area contributed by atoms with Crippen molar-refractivity contribution in [1.29, 1.82) is 0 Å². The second-order valence-electron chi connectivity index (χ2n) is 6.59. The second kappa shape index (κ2) is 11.8. The monoisotopic (exact) mass is 439 g/mol. The molecule has 1 fully saturated rings. The van der Waals surface area contributed by atoms with E-state index in [-0.39, 0.29) is 6.10 Å². The van der Waals surface area contributed by atoms with Gasteiger partial charge in [-0.2, -0.15) is 0 Å². The molecular weight excluding hydrogens is 410 g/mol. The molecule has 0 amide bonds. The fraction of sp³-hybridized carbons (Fsp3) is 0.579. The Morgan fingerprint density at radius 3 is 3.07 bits per heavy atom. The minimum atomic E-state index is 0.281. The molecule has 0 bridgehead atoms. The number of hydrogen-bond donors (Lipinski definition) is 2. The van der Waals surface area contributed by atoms with Gasteiger partial charge in [0.05, 0.1) is 18.8 Å². The van der Waals surface area contributed by atoms with Gasteiger partial charge >= 0.3 is 0 Å². The van der Waals surface area contributed by atoms with E-state index in [1.807, 2.05) is 41.7 Å². The van der Waals surface area contributed by atoms with Crippen LogP contribution in [0.25, 0.3) is 0 Å². The molecule has 0 radical (unpaired) electrons. The first-order valence-electron chi connectivity index (χ1n) is 9.62. The summed E-state index contributed by atoms with van der Waals surface area (Å²) >= 11 is 5.33. The maximum Gasteiger partial charge on any atom is 0.191 e. The highest BCUT2D eigenvalue weighted by atomic mass is 32.2. The van der Waals surface area contributed by atoms with Gasteiger partial charge in [0.1, 0.15) is 4.34 Å². The lowest BCUT2D eigenvalue weighted by molar-refractivity contribution is -0.0334. The highest BCUT2D eigenvalue weighted by molar-refractivity contribution is 8.00. The first-order valence-corrected chi connectivity index (χ1v) is 12.4. The van der Waals surface area contributed by atoms with E-state index < -0.39 is 0 Å². The zero-order valence-electron chi connectivity index (χ0n) is 16.5. The fourth-order valence-electron chi connectivity index (χ4n) is 3.15. The Labute approximate surface area is 179 Å². The van der Waals surface area contributed by atoms with Crippen molar-refractivity contribution in [2.24, 2.45) is 4.99 Å². The van der Waals surface area contributed by atoms with Gasteiger partial charge in [-0.3, -0.25) is 9.89 Å². The fourth-order valence-corrected chi connectivity index (χ4v) is 5.66. The van der Waals surface area contributed by atoms with Crippen LogP contribution in [0, 0.1) is 0 Å². The number of aromatic nitrogens is 1. The van der Waals surface area contributed by atoms with Gasteiger partial charge < -0.3 is 15.4 Å². The molecule has 0 spiro atoms. The van der Waals surface area contributed by atoms with Gasteiger partial charge in [0.2, 0.25) is 0 Å². The molecule has 3 heterocycles. The number of thiophene rings is 1. The Morgan fingerprint density at radius 1 is 1.43 bits per heavy atom. The number of ether oxygens (including phenoxy) is 1. The Bertz CT molecular complexity index is 693. The van der Waals surface area contributed by atoms with E-state index in [9.17, 15) is 0 Å². The zero-order valence-corrected chi connectivity index (χ0v) is 18.9. The Balaban J connectivity index is 1.44. The molecule has 28 heavy (non-hydrogen) atoms. The lowest BCUT2D eigenvalue weighted by Gasteiger charge is -2.37. The molecule has 2 N–H and O–H groups in total. The minimum absolute atomic E-state index is 0.281. The Morgan fingerprint density at radius 2 is 2.36 bits per heavy atom. The molecule has 1 saturated heterocycles. The molecule has 154 valence electrons. The number of hydrogen-bond acceptors (Lipinski definition) is 7. The van der Waals surface area contributed by atoms with Crippen molar-refractivity contribution in [3.05, 3.63) is 34.0 Å². The number of guanidine groups is 1. The molecule has 2 aromatic heterocycles. The first-order chi connectivity index (χ1) is 13.8. The molecule has 2 unspecified atom stereocenters. The summed E-state index contributed by atoms with van der Waals surface area (Å²) in [4.78, 5) is 12.6. The number of rotatable bonds is 9. The van der Waals surface area contributed by atoms with E-state index in [0.717, 1.165) is 55.3 Å². The van der Waals surface area contributed by atoms with Crippen molar-refractivity contribution in [3.8, 4) is 0 Å². The summed E-state index contributed by atoms with van der Waals surface area (Å²) in [5.74, 6) is 1.92. The highest BCUT2D eigenvalue weighted by Gasteiger charge is 2.26. The molecule has 1 aliphatic rings. The lowest BCUT2D eigenvalue weighted by atomic mass is 10.1. The van der Waals surface area contributed by atoms with Crippen LogP contribution in [0.1, 0.15) is 24.3 Å². The van der Waals surface area contributed by atoms with Crippen LogP contribution in [-0.4, -0.2) is 67.5 Å². The number of morpholine rings is 1. The molecule has 2 aromatic rings. The van der Waals surface area contributed by atoms with Gasteiger partial charge in [-0.05, 0) is 24.8 Å². The Kier molecular flexibility index (Phi) is 9.07. The molecule has 1 aliphatic heterocycles. The highest BCUT2D eigenvalue weighted by Crippen LogP contribution is 2.26. The normalized spacial score (nSPS) is 19.5. The minimum Gasteiger partial charge on any atom is -0.376 e. The zero-order chi connectivity index (χ0) is 19.6. The van der Waals surface area contributed by atoms with Crippen LogP contribution in [0.2, 0.25) is 0 Å². The summed E-state index contributed by atoms with van der Waals surface area (Å²) in [6.07, 6.45) is 3.21. The van der Waals surface area contributed by atoms with E-state index in [0.29, 0.717) is 6.04 Å². The van der Waals surface area contributed by atoms with Gasteiger partial charge in [0, 0.05) is 55.4 Å². The summed E-state index contributed by atoms with van der Waals surface area (Å²) in [5.41, 5.74) is 0. The maximum absolute atomic E-state index is 5.72. The third-order valence-corrected chi connectivity index (χ3v) is 7.55. The van der Waals surface area contributed by atoms with E-state index in [1.165, 1.54) is 4.88 Å². The molecular formula is C19H29N5OS3. The van der Waals surface area contributed by atoms with Crippen LogP contribution >= 0.6 is 34.4 Å². The number of nitrogens with one attached hydrogen (secondary N) is 2. The van der Waals surface area contributed by atoms with Crippen molar-refractivity contribution in [2.75, 3.05) is 45.6 Å². The summed E-state index contributed by atoms with van der Waals surface area (Å²) in [6, 6.07) is 4.69. The lowest BCUT2D eigenvalue weighted by Crippen LogP contribution is -2.48. The quantitative estimate of drug-likeness (QED) is 0.271. The SMILES string of the molecule is CN=C(NCCCSc1nccs1)NCC(c1cccs1)N1CCOC(C)C1. The first kappa shape index (κ1) is 21.6.